The minimum absolute atomic E-state index is 0.191. The average molecular weight is 254 g/mol. The van der Waals surface area contributed by atoms with E-state index in [0.29, 0.717) is 6.42 Å². The number of ether oxygens (including phenoxy) is 1. The van der Waals surface area contributed by atoms with Crippen molar-refractivity contribution in [1.82, 2.24) is 0 Å². The first-order valence-corrected chi connectivity index (χ1v) is 6.00. The minimum Gasteiger partial charge on any atom is -0.481 e. The molecule has 4 heteroatoms. The van der Waals surface area contributed by atoms with E-state index < -0.39 is 23.8 Å². The van der Waals surface area contributed by atoms with Crippen LogP contribution in [0.5, 0.6) is 0 Å². The Morgan fingerprint density at radius 1 is 1.33 bits per heavy atom. The first-order valence-electron chi connectivity index (χ1n) is 6.00. The Morgan fingerprint density at radius 3 is 2.22 bits per heavy atom. The van der Waals surface area contributed by atoms with E-state index in [9.17, 15) is 14.7 Å². The molecule has 1 N–H and O–H groups in total. The maximum Gasteiger partial charge on any atom is 0.315 e. The third-order valence-corrected chi connectivity index (χ3v) is 2.53. The monoisotopic (exact) mass is 254 g/mol. The molecule has 0 fully saturated rings. The molecule has 0 spiro atoms. The molecule has 0 aliphatic carbocycles. The summed E-state index contributed by atoms with van der Waals surface area (Å²) in [5.41, 5.74) is 0. The smallest absolute Gasteiger partial charge is 0.315 e. The predicted molar refractivity (Wildman–Crippen MR) is 69.8 cm³/mol. The van der Waals surface area contributed by atoms with Crippen LogP contribution in [0.2, 0.25) is 0 Å². The highest BCUT2D eigenvalue weighted by atomic mass is 16.5. The number of carboxylic acids is 1. The van der Waals surface area contributed by atoms with Crippen LogP contribution in [-0.2, 0) is 14.3 Å². The molecule has 0 aromatic carbocycles. The van der Waals surface area contributed by atoms with Gasteiger partial charge in [0.2, 0.25) is 0 Å². The normalized spacial score (nSPS) is 13.8. The highest BCUT2D eigenvalue weighted by Gasteiger charge is 2.34. The van der Waals surface area contributed by atoms with Crippen molar-refractivity contribution in [3.8, 4) is 0 Å². The van der Waals surface area contributed by atoms with Gasteiger partial charge < -0.3 is 9.84 Å². The summed E-state index contributed by atoms with van der Waals surface area (Å²) in [5.74, 6) is -2.53. The SMILES string of the molecule is C=CC[C@@H](C(=O)OC(=C)C)[C@@H](CC(C)C)C(=O)O. The summed E-state index contributed by atoms with van der Waals surface area (Å²) in [4.78, 5) is 23.2. The molecule has 0 aromatic heterocycles. The van der Waals surface area contributed by atoms with Crippen LogP contribution in [0.1, 0.15) is 33.6 Å². The summed E-state index contributed by atoms with van der Waals surface area (Å²) < 4.78 is 4.93. The molecule has 0 heterocycles. The van der Waals surface area contributed by atoms with Crippen LogP contribution in [0.15, 0.2) is 25.0 Å². The summed E-state index contributed by atoms with van der Waals surface area (Å²) in [6, 6.07) is 0. The van der Waals surface area contributed by atoms with Crippen LogP contribution in [0.3, 0.4) is 0 Å². The molecular weight excluding hydrogens is 232 g/mol. The Balaban J connectivity index is 5.00. The first-order chi connectivity index (χ1) is 8.29. The molecule has 0 radical (unpaired) electrons. The van der Waals surface area contributed by atoms with E-state index in [1.807, 2.05) is 13.8 Å². The molecule has 0 saturated carbocycles. The summed E-state index contributed by atoms with van der Waals surface area (Å²) >= 11 is 0. The Labute approximate surface area is 108 Å². The van der Waals surface area contributed by atoms with Crippen molar-refractivity contribution in [2.75, 3.05) is 0 Å². The van der Waals surface area contributed by atoms with Crippen molar-refractivity contribution in [3.63, 3.8) is 0 Å². The number of rotatable bonds is 8. The van der Waals surface area contributed by atoms with E-state index in [4.69, 9.17) is 4.74 Å². The van der Waals surface area contributed by atoms with Gasteiger partial charge in [-0.2, -0.15) is 0 Å². The zero-order valence-corrected chi connectivity index (χ0v) is 11.3. The van der Waals surface area contributed by atoms with E-state index >= 15 is 0 Å². The van der Waals surface area contributed by atoms with E-state index in [-0.39, 0.29) is 18.1 Å². The number of hydrogen-bond acceptors (Lipinski definition) is 3. The van der Waals surface area contributed by atoms with Gasteiger partial charge in [-0.25, -0.2) is 0 Å². The summed E-state index contributed by atoms with van der Waals surface area (Å²) in [6.45, 7) is 12.4. The van der Waals surface area contributed by atoms with E-state index in [0.717, 1.165) is 0 Å². The van der Waals surface area contributed by atoms with Crippen LogP contribution in [0.4, 0.5) is 0 Å². The molecule has 18 heavy (non-hydrogen) atoms. The molecule has 102 valence electrons. The minimum atomic E-state index is -0.978. The number of esters is 1. The number of hydrogen-bond donors (Lipinski definition) is 1. The van der Waals surface area contributed by atoms with Gasteiger partial charge in [-0.1, -0.05) is 26.5 Å². The highest BCUT2D eigenvalue weighted by molar-refractivity contribution is 5.81. The largest absolute Gasteiger partial charge is 0.481 e. The van der Waals surface area contributed by atoms with Gasteiger partial charge in [-0.05, 0) is 25.7 Å². The van der Waals surface area contributed by atoms with Crippen molar-refractivity contribution in [2.24, 2.45) is 17.8 Å². The van der Waals surface area contributed by atoms with Gasteiger partial charge in [0.15, 0.2) is 0 Å². The number of carbonyl (C=O) groups excluding carboxylic acids is 1. The van der Waals surface area contributed by atoms with E-state index in [2.05, 4.69) is 13.2 Å². The fourth-order valence-corrected chi connectivity index (χ4v) is 1.80. The van der Waals surface area contributed by atoms with Crippen molar-refractivity contribution in [2.45, 2.75) is 33.6 Å². The maximum absolute atomic E-state index is 11.9. The Morgan fingerprint density at radius 2 is 1.89 bits per heavy atom. The molecular formula is C14H22O4. The Kier molecular flexibility index (Phi) is 7.01. The Bertz CT molecular complexity index is 331. The lowest BCUT2D eigenvalue weighted by atomic mass is 9.83. The molecule has 0 bridgehead atoms. The molecule has 0 amide bonds. The van der Waals surface area contributed by atoms with Gasteiger partial charge in [-0.15, -0.1) is 6.58 Å². The van der Waals surface area contributed by atoms with Crippen LogP contribution < -0.4 is 0 Å². The predicted octanol–water partition coefficient (Wildman–Crippen LogP) is 3.00. The third kappa shape index (κ3) is 5.66. The molecule has 0 aromatic rings. The second-order valence-corrected chi connectivity index (χ2v) is 4.83. The number of carbonyl (C=O) groups is 2. The average Bonchev–Trinajstić information content (AvgIpc) is 2.21. The summed E-state index contributed by atoms with van der Waals surface area (Å²) in [6.07, 6.45) is 2.26. The summed E-state index contributed by atoms with van der Waals surface area (Å²) in [7, 11) is 0. The van der Waals surface area contributed by atoms with Crippen LogP contribution in [0.25, 0.3) is 0 Å². The lowest BCUT2D eigenvalue weighted by molar-refractivity contribution is -0.155. The summed E-state index contributed by atoms with van der Waals surface area (Å²) in [5, 5.41) is 9.24. The Hall–Kier alpha value is -1.58. The fraction of sp³-hybridized carbons (Fsp3) is 0.571. The van der Waals surface area contributed by atoms with Crippen LogP contribution in [-0.4, -0.2) is 17.0 Å². The number of aliphatic carboxylic acids is 1. The number of carboxylic acid groups (broad SMARTS) is 1. The van der Waals surface area contributed by atoms with Crippen LogP contribution >= 0.6 is 0 Å². The lowest BCUT2D eigenvalue weighted by Crippen LogP contribution is -2.31. The van der Waals surface area contributed by atoms with Gasteiger partial charge in [0.05, 0.1) is 17.6 Å². The molecule has 0 unspecified atom stereocenters. The van der Waals surface area contributed by atoms with Crippen LogP contribution in [0, 0.1) is 17.8 Å². The molecule has 4 nitrogen and oxygen atoms in total. The second-order valence-electron chi connectivity index (χ2n) is 4.83. The maximum atomic E-state index is 11.9. The molecule has 0 aliphatic rings. The van der Waals surface area contributed by atoms with Crippen molar-refractivity contribution in [1.29, 1.82) is 0 Å². The van der Waals surface area contributed by atoms with Crippen molar-refractivity contribution in [3.05, 3.63) is 25.0 Å². The van der Waals surface area contributed by atoms with E-state index in [1.54, 1.807) is 13.0 Å². The van der Waals surface area contributed by atoms with Crippen molar-refractivity contribution < 1.29 is 19.4 Å². The van der Waals surface area contributed by atoms with E-state index in [1.165, 1.54) is 0 Å². The lowest BCUT2D eigenvalue weighted by Gasteiger charge is -2.22. The van der Waals surface area contributed by atoms with Gasteiger partial charge in [0.25, 0.3) is 0 Å². The van der Waals surface area contributed by atoms with Gasteiger partial charge in [0.1, 0.15) is 0 Å². The molecule has 2 atom stereocenters. The van der Waals surface area contributed by atoms with Gasteiger partial charge in [0, 0.05) is 0 Å². The molecule has 0 rings (SSSR count). The zero-order valence-electron chi connectivity index (χ0n) is 11.3. The second kappa shape index (κ2) is 7.69. The quantitative estimate of drug-likeness (QED) is 0.411. The van der Waals surface area contributed by atoms with Gasteiger partial charge >= 0.3 is 11.9 Å². The standard InChI is InChI=1S/C14H22O4/c1-6-7-11(14(17)18-10(4)5)12(13(15)16)8-9(2)3/h6,9,11-12H,1,4,7-8H2,2-3,5H3,(H,15,16)/t11-,12-/m1/s1. The first kappa shape index (κ1) is 16.4. The molecule has 0 saturated heterocycles. The number of allylic oxidation sites excluding steroid dienone is 2. The zero-order chi connectivity index (χ0) is 14.3. The van der Waals surface area contributed by atoms with Gasteiger partial charge in [-0.3, -0.25) is 9.59 Å². The topological polar surface area (TPSA) is 63.6 Å². The third-order valence-electron chi connectivity index (χ3n) is 2.53. The molecule has 0 aliphatic heterocycles. The van der Waals surface area contributed by atoms with Crippen molar-refractivity contribution >= 4 is 11.9 Å². The fourth-order valence-electron chi connectivity index (χ4n) is 1.80. The highest BCUT2D eigenvalue weighted by Crippen LogP contribution is 2.26.